The van der Waals surface area contributed by atoms with Crippen molar-refractivity contribution in [2.24, 2.45) is 0 Å². The van der Waals surface area contributed by atoms with Gasteiger partial charge in [0.25, 0.3) is 0 Å². The lowest BCUT2D eigenvalue weighted by Crippen LogP contribution is -2.30. The highest BCUT2D eigenvalue weighted by Crippen LogP contribution is 2.25. The summed E-state index contributed by atoms with van der Waals surface area (Å²) in [5.74, 6) is -1.26. The summed E-state index contributed by atoms with van der Waals surface area (Å²) >= 11 is 0. The average molecular weight is 291 g/mol. The second kappa shape index (κ2) is 7.18. The predicted octanol–water partition coefficient (Wildman–Crippen LogP) is 4.08. The molecule has 0 amide bonds. The van der Waals surface area contributed by atoms with E-state index in [0.29, 0.717) is 6.54 Å². The normalized spacial score (nSPS) is 12.4. The predicted molar refractivity (Wildman–Crippen MR) is 79.3 cm³/mol. The standard InChI is InChI=1S/C17H19F2NO/c1-12(2)20-11-17(13-6-4-3-5-7-13)21-16-9-8-14(18)10-15(16)19/h3-10,12,17,20H,11H2,1-2H3. The van der Waals surface area contributed by atoms with E-state index in [9.17, 15) is 8.78 Å². The van der Waals surface area contributed by atoms with Crippen LogP contribution in [0.1, 0.15) is 25.5 Å². The number of ether oxygens (including phenoxy) is 1. The molecule has 0 aliphatic heterocycles. The molecule has 0 bridgehead atoms. The Kier molecular flexibility index (Phi) is 5.28. The Morgan fingerprint density at radius 1 is 1.05 bits per heavy atom. The molecule has 1 atom stereocenters. The van der Waals surface area contributed by atoms with Gasteiger partial charge >= 0.3 is 0 Å². The van der Waals surface area contributed by atoms with Gasteiger partial charge in [-0.25, -0.2) is 8.78 Å². The maximum absolute atomic E-state index is 13.7. The maximum atomic E-state index is 13.7. The van der Waals surface area contributed by atoms with Crippen LogP contribution in [-0.2, 0) is 0 Å². The lowest BCUT2D eigenvalue weighted by Gasteiger charge is -2.21. The number of nitrogens with one attached hydrogen (secondary N) is 1. The Morgan fingerprint density at radius 3 is 2.38 bits per heavy atom. The SMILES string of the molecule is CC(C)NCC(Oc1ccc(F)cc1F)c1ccccc1. The van der Waals surface area contributed by atoms with Crippen LogP contribution in [0.3, 0.4) is 0 Å². The fraction of sp³-hybridized carbons (Fsp3) is 0.294. The number of hydrogen-bond acceptors (Lipinski definition) is 2. The summed E-state index contributed by atoms with van der Waals surface area (Å²) in [6.45, 7) is 4.60. The first-order chi connectivity index (χ1) is 10.1. The van der Waals surface area contributed by atoms with E-state index in [-0.39, 0.29) is 17.9 Å². The second-order valence-corrected chi connectivity index (χ2v) is 5.15. The van der Waals surface area contributed by atoms with Gasteiger partial charge in [0.05, 0.1) is 0 Å². The summed E-state index contributed by atoms with van der Waals surface area (Å²) < 4.78 is 32.4. The molecule has 4 heteroatoms. The fourth-order valence-corrected chi connectivity index (χ4v) is 1.96. The van der Waals surface area contributed by atoms with E-state index in [0.717, 1.165) is 11.6 Å². The van der Waals surface area contributed by atoms with Crippen molar-refractivity contribution in [3.05, 3.63) is 65.7 Å². The van der Waals surface area contributed by atoms with Crippen molar-refractivity contribution < 1.29 is 13.5 Å². The van der Waals surface area contributed by atoms with Crippen molar-refractivity contribution in [2.45, 2.75) is 26.0 Å². The topological polar surface area (TPSA) is 21.3 Å². The lowest BCUT2D eigenvalue weighted by atomic mass is 10.1. The summed E-state index contributed by atoms with van der Waals surface area (Å²) in [6, 6.07) is 13.2. The molecule has 0 aromatic heterocycles. The molecule has 21 heavy (non-hydrogen) atoms. The zero-order valence-electron chi connectivity index (χ0n) is 12.1. The number of rotatable bonds is 6. The maximum Gasteiger partial charge on any atom is 0.168 e. The van der Waals surface area contributed by atoms with Crippen LogP contribution in [0.4, 0.5) is 8.78 Å². The van der Waals surface area contributed by atoms with Gasteiger partial charge in [-0.05, 0) is 17.7 Å². The summed E-state index contributed by atoms with van der Waals surface area (Å²) in [5.41, 5.74) is 0.939. The van der Waals surface area contributed by atoms with E-state index >= 15 is 0 Å². The fourth-order valence-electron chi connectivity index (χ4n) is 1.96. The lowest BCUT2D eigenvalue weighted by molar-refractivity contribution is 0.189. The highest BCUT2D eigenvalue weighted by molar-refractivity contribution is 5.27. The van der Waals surface area contributed by atoms with Crippen LogP contribution >= 0.6 is 0 Å². The molecule has 0 saturated carbocycles. The molecular formula is C17H19F2NO. The van der Waals surface area contributed by atoms with Crippen molar-refractivity contribution >= 4 is 0 Å². The molecule has 0 saturated heterocycles. The number of halogens is 2. The molecule has 1 unspecified atom stereocenters. The molecule has 1 N–H and O–H groups in total. The van der Waals surface area contributed by atoms with Gasteiger partial charge in [0, 0.05) is 18.7 Å². The number of benzene rings is 2. The third kappa shape index (κ3) is 4.53. The van der Waals surface area contributed by atoms with Crippen molar-refractivity contribution in [1.82, 2.24) is 5.32 Å². The zero-order valence-corrected chi connectivity index (χ0v) is 12.1. The third-order valence-corrected chi connectivity index (χ3v) is 3.05. The highest BCUT2D eigenvalue weighted by atomic mass is 19.1. The largest absolute Gasteiger partial charge is 0.481 e. The van der Waals surface area contributed by atoms with Crippen molar-refractivity contribution in [3.8, 4) is 5.75 Å². The number of hydrogen-bond donors (Lipinski definition) is 1. The van der Waals surface area contributed by atoms with Crippen LogP contribution in [0.15, 0.2) is 48.5 Å². The minimum absolute atomic E-state index is 0.0517. The Morgan fingerprint density at radius 2 is 1.76 bits per heavy atom. The van der Waals surface area contributed by atoms with E-state index < -0.39 is 11.6 Å². The van der Waals surface area contributed by atoms with Crippen LogP contribution in [0.25, 0.3) is 0 Å². The second-order valence-electron chi connectivity index (χ2n) is 5.15. The van der Waals surface area contributed by atoms with Crippen LogP contribution in [0, 0.1) is 11.6 Å². The first-order valence-corrected chi connectivity index (χ1v) is 6.96. The van der Waals surface area contributed by atoms with Crippen molar-refractivity contribution in [2.75, 3.05) is 6.54 Å². The van der Waals surface area contributed by atoms with Crippen LogP contribution in [-0.4, -0.2) is 12.6 Å². The smallest absolute Gasteiger partial charge is 0.168 e. The van der Waals surface area contributed by atoms with Crippen LogP contribution in [0.5, 0.6) is 5.75 Å². The van der Waals surface area contributed by atoms with E-state index in [4.69, 9.17) is 4.74 Å². The van der Waals surface area contributed by atoms with E-state index in [2.05, 4.69) is 5.32 Å². The van der Waals surface area contributed by atoms with Gasteiger partial charge in [-0.3, -0.25) is 0 Å². The van der Waals surface area contributed by atoms with Gasteiger partial charge in [-0.2, -0.15) is 0 Å². The van der Waals surface area contributed by atoms with Crippen LogP contribution < -0.4 is 10.1 Å². The molecule has 112 valence electrons. The van der Waals surface area contributed by atoms with Gasteiger partial charge in [0.1, 0.15) is 11.9 Å². The molecule has 2 rings (SSSR count). The summed E-state index contributed by atoms with van der Waals surface area (Å²) in [7, 11) is 0. The average Bonchev–Trinajstić information content (AvgIpc) is 2.46. The van der Waals surface area contributed by atoms with E-state index in [1.165, 1.54) is 12.1 Å². The molecular weight excluding hydrogens is 272 g/mol. The van der Waals surface area contributed by atoms with E-state index in [1.807, 2.05) is 44.2 Å². The van der Waals surface area contributed by atoms with Crippen molar-refractivity contribution in [1.29, 1.82) is 0 Å². The van der Waals surface area contributed by atoms with E-state index in [1.54, 1.807) is 0 Å². The van der Waals surface area contributed by atoms with Gasteiger partial charge in [-0.15, -0.1) is 0 Å². The molecule has 2 aromatic carbocycles. The molecule has 0 fully saturated rings. The minimum Gasteiger partial charge on any atom is -0.481 e. The molecule has 0 aliphatic carbocycles. The van der Waals surface area contributed by atoms with Gasteiger partial charge < -0.3 is 10.1 Å². The Labute approximate surface area is 123 Å². The monoisotopic (exact) mass is 291 g/mol. The molecule has 0 spiro atoms. The summed E-state index contributed by atoms with van der Waals surface area (Å²) in [4.78, 5) is 0. The molecule has 0 heterocycles. The first-order valence-electron chi connectivity index (χ1n) is 6.96. The van der Waals surface area contributed by atoms with Gasteiger partial charge in [-0.1, -0.05) is 44.2 Å². The third-order valence-electron chi connectivity index (χ3n) is 3.05. The summed E-state index contributed by atoms with van der Waals surface area (Å²) in [6.07, 6.45) is -0.339. The Hall–Kier alpha value is -1.94. The zero-order chi connectivity index (χ0) is 15.2. The molecule has 0 radical (unpaired) electrons. The first kappa shape index (κ1) is 15.4. The molecule has 2 nitrogen and oxygen atoms in total. The molecule has 2 aromatic rings. The Bertz CT molecular complexity index is 572. The Balaban J connectivity index is 2.19. The quantitative estimate of drug-likeness (QED) is 0.865. The summed E-state index contributed by atoms with van der Waals surface area (Å²) in [5, 5.41) is 3.27. The van der Waals surface area contributed by atoms with Crippen molar-refractivity contribution in [3.63, 3.8) is 0 Å². The minimum atomic E-state index is -0.694. The van der Waals surface area contributed by atoms with Gasteiger partial charge in [0.15, 0.2) is 11.6 Å². The highest BCUT2D eigenvalue weighted by Gasteiger charge is 2.16. The molecule has 0 aliphatic rings. The van der Waals surface area contributed by atoms with Gasteiger partial charge in [0.2, 0.25) is 0 Å². The van der Waals surface area contributed by atoms with Crippen LogP contribution in [0.2, 0.25) is 0 Å².